The van der Waals surface area contributed by atoms with E-state index < -0.39 is 0 Å². The van der Waals surface area contributed by atoms with Gasteiger partial charge in [0.15, 0.2) is 0 Å². The molecule has 0 aromatic heterocycles. The molecule has 0 saturated carbocycles. The molecular formula is C11H14BrNS. The molecule has 1 aliphatic rings. The van der Waals surface area contributed by atoms with E-state index in [1.807, 2.05) is 0 Å². The molecule has 3 heteroatoms. The van der Waals surface area contributed by atoms with Crippen LogP contribution in [0.2, 0.25) is 0 Å². The summed E-state index contributed by atoms with van der Waals surface area (Å²) in [4.78, 5) is 0. The van der Waals surface area contributed by atoms with Crippen LogP contribution in [0, 0.1) is 0 Å². The number of nitrogens with one attached hydrogen (secondary N) is 1. The van der Waals surface area contributed by atoms with E-state index in [4.69, 9.17) is 0 Å². The smallest absolute Gasteiger partial charge is 0.0343 e. The Morgan fingerprint density at radius 1 is 1.14 bits per heavy atom. The second kappa shape index (κ2) is 5.08. The van der Waals surface area contributed by atoms with Crippen LogP contribution >= 0.6 is 27.7 Å². The number of benzene rings is 1. The van der Waals surface area contributed by atoms with Gasteiger partial charge in [-0.1, -0.05) is 15.9 Å². The van der Waals surface area contributed by atoms with E-state index in [1.54, 1.807) is 0 Å². The molecule has 1 fully saturated rings. The zero-order chi connectivity index (χ0) is 9.80. The van der Waals surface area contributed by atoms with Gasteiger partial charge >= 0.3 is 0 Å². The summed E-state index contributed by atoms with van der Waals surface area (Å²) in [5.41, 5.74) is 1.24. The highest BCUT2D eigenvalue weighted by atomic mass is 79.9. The van der Waals surface area contributed by atoms with E-state index in [2.05, 4.69) is 57.3 Å². The Kier molecular flexibility index (Phi) is 3.76. The fraction of sp³-hybridized carbons (Fsp3) is 0.455. The number of hydrogen-bond donors (Lipinski definition) is 1. The highest BCUT2D eigenvalue weighted by Gasteiger charge is 2.12. The summed E-state index contributed by atoms with van der Waals surface area (Å²) in [7, 11) is 0. The van der Waals surface area contributed by atoms with Crippen molar-refractivity contribution in [1.82, 2.24) is 0 Å². The molecule has 1 heterocycles. The molecule has 0 aliphatic carbocycles. The predicted molar refractivity (Wildman–Crippen MR) is 68.1 cm³/mol. The zero-order valence-electron chi connectivity index (χ0n) is 8.00. The Hall–Kier alpha value is -0.150. The zero-order valence-corrected chi connectivity index (χ0v) is 10.4. The van der Waals surface area contributed by atoms with Crippen molar-refractivity contribution in [3.63, 3.8) is 0 Å². The van der Waals surface area contributed by atoms with Gasteiger partial charge in [0.1, 0.15) is 0 Å². The third-order valence-corrected chi connectivity index (χ3v) is 4.01. The SMILES string of the molecule is Brc1ccc(NC2CCSCC2)cc1. The van der Waals surface area contributed by atoms with Gasteiger partial charge in [0.05, 0.1) is 0 Å². The average Bonchev–Trinajstić information content (AvgIpc) is 2.23. The summed E-state index contributed by atoms with van der Waals surface area (Å²) < 4.78 is 1.14. The van der Waals surface area contributed by atoms with Crippen molar-refractivity contribution in [2.24, 2.45) is 0 Å². The maximum Gasteiger partial charge on any atom is 0.0343 e. The van der Waals surface area contributed by atoms with E-state index in [-0.39, 0.29) is 0 Å². The fourth-order valence-electron chi connectivity index (χ4n) is 1.62. The molecule has 1 saturated heterocycles. The Bertz CT molecular complexity index is 280. The number of rotatable bonds is 2. The van der Waals surface area contributed by atoms with Gasteiger partial charge in [0.2, 0.25) is 0 Å². The van der Waals surface area contributed by atoms with Gasteiger partial charge in [0.25, 0.3) is 0 Å². The molecule has 1 nitrogen and oxygen atoms in total. The summed E-state index contributed by atoms with van der Waals surface area (Å²) in [6.07, 6.45) is 2.58. The van der Waals surface area contributed by atoms with Crippen LogP contribution in [0.4, 0.5) is 5.69 Å². The lowest BCUT2D eigenvalue weighted by Gasteiger charge is -2.23. The van der Waals surface area contributed by atoms with Crippen LogP contribution in [-0.4, -0.2) is 17.5 Å². The summed E-state index contributed by atoms with van der Waals surface area (Å²) in [6.45, 7) is 0. The van der Waals surface area contributed by atoms with E-state index in [1.165, 1.54) is 30.0 Å². The summed E-state index contributed by atoms with van der Waals surface area (Å²) in [5, 5.41) is 3.57. The Labute approximate surface area is 97.8 Å². The average molecular weight is 272 g/mol. The van der Waals surface area contributed by atoms with Crippen LogP contribution in [-0.2, 0) is 0 Å². The summed E-state index contributed by atoms with van der Waals surface area (Å²) in [5.74, 6) is 2.60. The Morgan fingerprint density at radius 3 is 2.43 bits per heavy atom. The van der Waals surface area contributed by atoms with Gasteiger partial charge in [-0.05, 0) is 48.6 Å². The van der Waals surface area contributed by atoms with Crippen LogP contribution in [0.25, 0.3) is 0 Å². The predicted octanol–water partition coefficient (Wildman–Crippen LogP) is 3.76. The lowest BCUT2D eigenvalue weighted by atomic mass is 10.1. The highest BCUT2D eigenvalue weighted by Crippen LogP contribution is 2.21. The minimum Gasteiger partial charge on any atom is -0.382 e. The molecule has 0 amide bonds. The molecule has 14 heavy (non-hydrogen) atoms. The van der Waals surface area contributed by atoms with Crippen LogP contribution in [0.3, 0.4) is 0 Å². The van der Waals surface area contributed by atoms with Crippen molar-refractivity contribution in [2.45, 2.75) is 18.9 Å². The Balaban J connectivity index is 1.92. The number of anilines is 1. The molecule has 0 atom stereocenters. The molecule has 2 rings (SSSR count). The molecule has 0 spiro atoms. The molecule has 1 N–H and O–H groups in total. The van der Waals surface area contributed by atoms with E-state index in [0.717, 1.165) is 4.47 Å². The van der Waals surface area contributed by atoms with Crippen molar-refractivity contribution in [1.29, 1.82) is 0 Å². The van der Waals surface area contributed by atoms with Crippen molar-refractivity contribution in [3.05, 3.63) is 28.7 Å². The first-order valence-electron chi connectivity index (χ1n) is 4.94. The molecule has 1 aliphatic heterocycles. The van der Waals surface area contributed by atoms with Crippen molar-refractivity contribution >= 4 is 33.4 Å². The minimum atomic E-state index is 0.678. The number of thioether (sulfide) groups is 1. The van der Waals surface area contributed by atoms with Crippen molar-refractivity contribution < 1.29 is 0 Å². The van der Waals surface area contributed by atoms with Gasteiger partial charge in [0, 0.05) is 16.2 Å². The van der Waals surface area contributed by atoms with Crippen molar-refractivity contribution in [2.75, 3.05) is 16.8 Å². The number of halogens is 1. The lowest BCUT2D eigenvalue weighted by molar-refractivity contribution is 0.667. The largest absolute Gasteiger partial charge is 0.382 e. The van der Waals surface area contributed by atoms with Gasteiger partial charge in [-0.3, -0.25) is 0 Å². The van der Waals surface area contributed by atoms with Crippen LogP contribution in [0.1, 0.15) is 12.8 Å². The maximum atomic E-state index is 3.57. The normalized spacial score (nSPS) is 18.1. The first-order valence-corrected chi connectivity index (χ1v) is 6.89. The molecule has 0 bridgehead atoms. The maximum absolute atomic E-state index is 3.57. The topological polar surface area (TPSA) is 12.0 Å². The number of hydrogen-bond acceptors (Lipinski definition) is 2. The van der Waals surface area contributed by atoms with Crippen molar-refractivity contribution in [3.8, 4) is 0 Å². The van der Waals surface area contributed by atoms with Crippen LogP contribution in [0.15, 0.2) is 28.7 Å². The molecular weight excluding hydrogens is 258 g/mol. The first kappa shape index (κ1) is 10.4. The third kappa shape index (κ3) is 2.92. The molecule has 76 valence electrons. The lowest BCUT2D eigenvalue weighted by Crippen LogP contribution is -2.24. The van der Waals surface area contributed by atoms with E-state index in [9.17, 15) is 0 Å². The quantitative estimate of drug-likeness (QED) is 0.879. The molecule has 1 aromatic carbocycles. The second-order valence-electron chi connectivity index (χ2n) is 3.54. The first-order chi connectivity index (χ1) is 6.84. The van der Waals surface area contributed by atoms with Gasteiger partial charge < -0.3 is 5.32 Å². The molecule has 0 radical (unpaired) electrons. The van der Waals surface area contributed by atoms with E-state index in [0.29, 0.717) is 6.04 Å². The summed E-state index contributed by atoms with van der Waals surface area (Å²) in [6, 6.07) is 9.11. The molecule has 1 aromatic rings. The van der Waals surface area contributed by atoms with E-state index >= 15 is 0 Å². The third-order valence-electron chi connectivity index (χ3n) is 2.44. The summed E-state index contributed by atoms with van der Waals surface area (Å²) >= 11 is 5.50. The fourth-order valence-corrected chi connectivity index (χ4v) is 2.99. The van der Waals surface area contributed by atoms with Gasteiger partial charge in [-0.15, -0.1) is 0 Å². The Morgan fingerprint density at radius 2 is 1.79 bits per heavy atom. The standard InChI is InChI=1S/C11H14BrNS/c12-9-1-3-10(4-2-9)13-11-5-7-14-8-6-11/h1-4,11,13H,5-8H2. The molecule has 0 unspecified atom stereocenters. The minimum absolute atomic E-state index is 0.678. The highest BCUT2D eigenvalue weighted by molar-refractivity contribution is 9.10. The van der Waals surface area contributed by atoms with Crippen LogP contribution < -0.4 is 5.32 Å². The van der Waals surface area contributed by atoms with Gasteiger partial charge in [-0.25, -0.2) is 0 Å². The second-order valence-corrected chi connectivity index (χ2v) is 5.68. The monoisotopic (exact) mass is 271 g/mol. The van der Waals surface area contributed by atoms with Crippen LogP contribution in [0.5, 0.6) is 0 Å². The van der Waals surface area contributed by atoms with Gasteiger partial charge in [-0.2, -0.15) is 11.8 Å².